The van der Waals surface area contributed by atoms with E-state index in [1.807, 2.05) is 0 Å². The van der Waals surface area contributed by atoms with E-state index < -0.39 is 0 Å². The lowest BCUT2D eigenvalue weighted by Crippen LogP contribution is -2.28. The van der Waals surface area contributed by atoms with Gasteiger partial charge >= 0.3 is 6.03 Å². The molecule has 27 heavy (non-hydrogen) atoms. The summed E-state index contributed by atoms with van der Waals surface area (Å²) in [5, 5.41) is 10.6. The zero-order chi connectivity index (χ0) is 18.2. The Kier molecular flexibility index (Phi) is 4.14. The lowest BCUT2D eigenvalue weighted by Gasteiger charge is -2.13. The number of benzene rings is 1. The second-order valence-corrected chi connectivity index (χ2v) is 7.59. The van der Waals surface area contributed by atoms with Gasteiger partial charge in [-0.1, -0.05) is 12.8 Å². The lowest BCUT2D eigenvalue weighted by atomic mass is 10.2. The first-order valence-electron chi connectivity index (χ1n) is 9.79. The first-order valence-corrected chi connectivity index (χ1v) is 9.79. The van der Waals surface area contributed by atoms with Crippen molar-refractivity contribution in [1.29, 1.82) is 0 Å². The monoisotopic (exact) mass is 368 g/mol. The minimum absolute atomic E-state index is 0.220. The molecule has 0 bridgehead atoms. The molecule has 2 heterocycles. The summed E-state index contributed by atoms with van der Waals surface area (Å²) in [5.74, 6) is 2.01. The van der Waals surface area contributed by atoms with E-state index in [2.05, 4.69) is 21.4 Å². The van der Waals surface area contributed by atoms with Crippen LogP contribution in [0.1, 0.15) is 61.9 Å². The predicted octanol–water partition coefficient (Wildman–Crippen LogP) is 3.93. The van der Waals surface area contributed by atoms with Gasteiger partial charge in [-0.05, 0) is 43.9 Å². The number of carbonyl (C=O) groups excluding carboxylic acids is 1. The SMILES string of the molecule is O=C(NCc1cc(C2CC2)n(C2CCCC2)n1)Nc1ccc2c(c1)OCO2. The fraction of sp³-hybridized carbons (Fsp3) is 0.500. The van der Waals surface area contributed by atoms with Crippen LogP contribution in [0, 0.1) is 0 Å². The third-order valence-corrected chi connectivity index (χ3v) is 5.54. The summed E-state index contributed by atoms with van der Waals surface area (Å²) in [6.45, 7) is 0.647. The molecule has 0 saturated heterocycles. The number of anilines is 1. The van der Waals surface area contributed by atoms with Gasteiger partial charge in [0.1, 0.15) is 0 Å². The Labute approximate surface area is 158 Å². The summed E-state index contributed by atoms with van der Waals surface area (Å²) < 4.78 is 12.9. The highest BCUT2D eigenvalue weighted by atomic mass is 16.7. The first kappa shape index (κ1) is 16.5. The molecule has 2 fully saturated rings. The minimum atomic E-state index is -0.253. The largest absolute Gasteiger partial charge is 0.454 e. The molecule has 0 spiro atoms. The summed E-state index contributed by atoms with van der Waals surface area (Å²) in [6.07, 6.45) is 7.55. The second-order valence-electron chi connectivity index (χ2n) is 7.59. The van der Waals surface area contributed by atoms with E-state index in [-0.39, 0.29) is 12.8 Å². The van der Waals surface area contributed by atoms with Crippen LogP contribution in [0.15, 0.2) is 24.3 Å². The van der Waals surface area contributed by atoms with Gasteiger partial charge in [-0.15, -0.1) is 0 Å². The number of carbonyl (C=O) groups is 1. The Morgan fingerprint density at radius 1 is 1.11 bits per heavy atom. The molecule has 2 N–H and O–H groups in total. The van der Waals surface area contributed by atoms with E-state index in [0.717, 1.165) is 5.69 Å². The van der Waals surface area contributed by atoms with Gasteiger partial charge in [-0.3, -0.25) is 4.68 Å². The van der Waals surface area contributed by atoms with Crippen molar-refractivity contribution >= 4 is 11.7 Å². The van der Waals surface area contributed by atoms with Gasteiger partial charge in [-0.25, -0.2) is 4.79 Å². The number of hydrogen-bond donors (Lipinski definition) is 2. The van der Waals surface area contributed by atoms with Gasteiger partial charge in [0.15, 0.2) is 11.5 Å². The molecule has 142 valence electrons. The number of rotatable bonds is 5. The fourth-order valence-electron chi connectivity index (χ4n) is 3.99. The van der Waals surface area contributed by atoms with Gasteiger partial charge in [0.05, 0.1) is 18.3 Å². The summed E-state index contributed by atoms with van der Waals surface area (Å²) in [4.78, 5) is 12.3. The van der Waals surface area contributed by atoms with E-state index in [0.29, 0.717) is 35.7 Å². The number of hydrogen-bond acceptors (Lipinski definition) is 4. The molecule has 3 aliphatic rings. The minimum Gasteiger partial charge on any atom is -0.454 e. The second kappa shape index (κ2) is 6.79. The van der Waals surface area contributed by atoms with E-state index in [4.69, 9.17) is 14.6 Å². The number of ether oxygens (including phenoxy) is 2. The molecule has 1 aromatic carbocycles. The molecule has 1 aliphatic heterocycles. The highest BCUT2D eigenvalue weighted by Crippen LogP contribution is 2.43. The summed E-state index contributed by atoms with van der Waals surface area (Å²) in [7, 11) is 0. The fourth-order valence-corrected chi connectivity index (χ4v) is 3.99. The van der Waals surface area contributed by atoms with E-state index in [1.54, 1.807) is 18.2 Å². The number of urea groups is 1. The smallest absolute Gasteiger partial charge is 0.319 e. The number of fused-ring (bicyclic) bond motifs is 1. The Bertz CT molecular complexity index is 853. The number of amides is 2. The summed E-state index contributed by atoms with van der Waals surface area (Å²) >= 11 is 0. The molecular formula is C20H24N4O3. The van der Waals surface area contributed by atoms with Gasteiger partial charge < -0.3 is 20.1 Å². The maximum Gasteiger partial charge on any atom is 0.319 e. The maximum absolute atomic E-state index is 12.3. The molecule has 0 atom stereocenters. The molecule has 5 rings (SSSR count). The van der Waals surface area contributed by atoms with Gasteiger partial charge in [-0.2, -0.15) is 5.10 Å². The molecule has 7 nitrogen and oxygen atoms in total. The van der Waals surface area contributed by atoms with Crippen LogP contribution in [-0.4, -0.2) is 22.6 Å². The normalized spacial score (nSPS) is 18.7. The molecule has 1 aromatic heterocycles. The Balaban J connectivity index is 1.22. The van der Waals surface area contributed by atoms with E-state index in [1.165, 1.54) is 44.2 Å². The van der Waals surface area contributed by atoms with Crippen LogP contribution >= 0.6 is 0 Å². The Morgan fingerprint density at radius 2 is 1.93 bits per heavy atom. The number of nitrogens with zero attached hydrogens (tertiary/aromatic N) is 2. The van der Waals surface area contributed by atoms with E-state index >= 15 is 0 Å². The van der Waals surface area contributed by atoms with Crippen LogP contribution in [0.5, 0.6) is 11.5 Å². The maximum atomic E-state index is 12.3. The van der Waals surface area contributed by atoms with Crippen LogP contribution in [0.3, 0.4) is 0 Å². The van der Waals surface area contributed by atoms with Crippen LogP contribution in [0.25, 0.3) is 0 Å². The lowest BCUT2D eigenvalue weighted by molar-refractivity contribution is 0.174. The van der Waals surface area contributed by atoms with Crippen molar-refractivity contribution in [2.75, 3.05) is 12.1 Å². The zero-order valence-electron chi connectivity index (χ0n) is 15.2. The van der Waals surface area contributed by atoms with Gasteiger partial charge in [0.25, 0.3) is 0 Å². The topological polar surface area (TPSA) is 77.4 Å². The van der Waals surface area contributed by atoms with Gasteiger partial charge in [0.2, 0.25) is 6.79 Å². The third-order valence-electron chi connectivity index (χ3n) is 5.54. The van der Waals surface area contributed by atoms with Crippen molar-refractivity contribution in [3.05, 3.63) is 35.7 Å². The molecule has 2 aliphatic carbocycles. The van der Waals surface area contributed by atoms with Crippen molar-refractivity contribution in [3.8, 4) is 11.5 Å². The average molecular weight is 368 g/mol. The molecule has 2 aromatic rings. The Hall–Kier alpha value is -2.70. The predicted molar refractivity (Wildman–Crippen MR) is 100 cm³/mol. The average Bonchev–Trinajstić information content (AvgIpc) is 3.09. The summed E-state index contributed by atoms with van der Waals surface area (Å²) in [5.41, 5.74) is 2.96. The van der Waals surface area contributed by atoms with Crippen LogP contribution < -0.4 is 20.1 Å². The Morgan fingerprint density at radius 3 is 2.74 bits per heavy atom. The number of aromatic nitrogens is 2. The standard InChI is InChI=1S/C20H24N4O3/c25-20(22-14-7-8-18-19(10-14)27-12-26-18)21-11-15-9-17(13-5-6-13)24(23-15)16-3-1-2-4-16/h7-10,13,16H,1-6,11-12H2,(H2,21,22,25). The van der Waals surface area contributed by atoms with Crippen LogP contribution in [-0.2, 0) is 6.54 Å². The van der Waals surface area contributed by atoms with Gasteiger partial charge in [0, 0.05) is 23.4 Å². The summed E-state index contributed by atoms with van der Waals surface area (Å²) in [6, 6.07) is 7.82. The molecule has 2 amide bonds. The molecule has 7 heteroatoms. The van der Waals surface area contributed by atoms with Crippen molar-refractivity contribution in [3.63, 3.8) is 0 Å². The van der Waals surface area contributed by atoms with Crippen molar-refractivity contribution in [1.82, 2.24) is 15.1 Å². The van der Waals surface area contributed by atoms with Crippen molar-refractivity contribution < 1.29 is 14.3 Å². The zero-order valence-corrected chi connectivity index (χ0v) is 15.2. The highest BCUT2D eigenvalue weighted by molar-refractivity contribution is 5.89. The number of nitrogens with one attached hydrogen (secondary N) is 2. The quantitative estimate of drug-likeness (QED) is 0.838. The van der Waals surface area contributed by atoms with Crippen LogP contribution in [0.4, 0.5) is 10.5 Å². The van der Waals surface area contributed by atoms with Crippen LogP contribution in [0.2, 0.25) is 0 Å². The van der Waals surface area contributed by atoms with E-state index in [9.17, 15) is 4.79 Å². The highest BCUT2D eigenvalue weighted by Gasteiger charge is 2.31. The first-order chi connectivity index (χ1) is 13.3. The third kappa shape index (κ3) is 3.46. The molecule has 0 radical (unpaired) electrons. The molecular weight excluding hydrogens is 344 g/mol. The van der Waals surface area contributed by atoms with Crippen molar-refractivity contribution in [2.45, 2.75) is 57.0 Å². The van der Waals surface area contributed by atoms with Crippen molar-refractivity contribution in [2.24, 2.45) is 0 Å². The molecule has 2 saturated carbocycles. The molecule has 0 unspecified atom stereocenters.